The molecule has 6 nitrogen and oxygen atoms in total. The summed E-state index contributed by atoms with van der Waals surface area (Å²) >= 11 is 12.5. The Balaban J connectivity index is 1.94. The van der Waals surface area contributed by atoms with Gasteiger partial charge >= 0.3 is 0 Å². The van der Waals surface area contributed by atoms with Crippen molar-refractivity contribution in [2.24, 2.45) is 0 Å². The van der Waals surface area contributed by atoms with Crippen LogP contribution in [0.15, 0.2) is 66.5 Å². The van der Waals surface area contributed by atoms with E-state index in [4.69, 9.17) is 27.9 Å². The first-order chi connectivity index (χ1) is 15.3. The maximum absolute atomic E-state index is 13.1. The monoisotopic (exact) mass is 468 g/mol. The number of hydrogen-bond acceptors (Lipinski definition) is 5. The maximum atomic E-state index is 13.1. The molecule has 2 heterocycles. The third-order valence-electron chi connectivity index (χ3n) is 5.25. The largest absolute Gasteiger partial charge is 0.507 e. The summed E-state index contributed by atoms with van der Waals surface area (Å²) in [5, 5.41) is 11.5. The molecular weight excluding hydrogens is 451 g/mol. The average molecular weight is 469 g/mol. The molecule has 1 aliphatic rings. The van der Waals surface area contributed by atoms with Crippen LogP contribution in [-0.2, 0) is 9.59 Å². The van der Waals surface area contributed by atoms with E-state index in [0.29, 0.717) is 11.3 Å². The van der Waals surface area contributed by atoms with Crippen molar-refractivity contribution in [1.29, 1.82) is 0 Å². The quantitative estimate of drug-likeness (QED) is 0.317. The molecule has 0 bridgehead atoms. The second-order valence-electron chi connectivity index (χ2n) is 7.26. The van der Waals surface area contributed by atoms with E-state index in [1.807, 2.05) is 19.1 Å². The first-order valence-corrected chi connectivity index (χ1v) is 10.4. The molecule has 0 radical (unpaired) electrons. The number of ketones is 1. The predicted octanol–water partition coefficient (Wildman–Crippen LogP) is 5.33. The molecule has 4 rings (SSSR count). The van der Waals surface area contributed by atoms with Gasteiger partial charge < -0.3 is 9.84 Å². The molecule has 1 aromatic heterocycles. The minimum absolute atomic E-state index is 0.0703. The van der Waals surface area contributed by atoms with Crippen molar-refractivity contribution in [2.75, 3.05) is 12.0 Å². The zero-order valence-corrected chi connectivity index (χ0v) is 18.7. The molecule has 0 spiro atoms. The highest BCUT2D eigenvalue weighted by Crippen LogP contribution is 2.43. The highest BCUT2D eigenvalue weighted by molar-refractivity contribution is 6.51. The Morgan fingerprint density at radius 3 is 2.19 bits per heavy atom. The van der Waals surface area contributed by atoms with E-state index in [1.54, 1.807) is 36.7 Å². The second kappa shape index (κ2) is 8.65. The highest BCUT2D eigenvalue weighted by atomic mass is 35.5. The Bertz CT molecular complexity index is 1220. The summed E-state index contributed by atoms with van der Waals surface area (Å²) in [6.45, 7) is 1.93. The number of aliphatic hydroxyl groups excluding tert-OH is 1. The highest BCUT2D eigenvalue weighted by Gasteiger charge is 2.47. The third kappa shape index (κ3) is 3.72. The summed E-state index contributed by atoms with van der Waals surface area (Å²) < 4.78 is 5.15. The van der Waals surface area contributed by atoms with Gasteiger partial charge in [0, 0.05) is 23.6 Å². The first kappa shape index (κ1) is 21.9. The predicted molar refractivity (Wildman–Crippen MR) is 123 cm³/mol. The number of aromatic nitrogens is 1. The Labute approximate surface area is 194 Å². The Hall–Kier alpha value is -3.35. The fourth-order valence-electron chi connectivity index (χ4n) is 3.71. The van der Waals surface area contributed by atoms with Gasteiger partial charge in [-0.2, -0.15) is 0 Å². The van der Waals surface area contributed by atoms with Gasteiger partial charge in [0.05, 0.1) is 28.8 Å². The number of Topliss-reactive ketones (excluding diaryl/α,β-unsaturated/α-hetero) is 1. The maximum Gasteiger partial charge on any atom is 0.300 e. The van der Waals surface area contributed by atoms with Crippen molar-refractivity contribution in [3.8, 4) is 5.75 Å². The van der Waals surface area contributed by atoms with Crippen LogP contribution in [0.1, 0.15) is 22.7 Å². The second-order valence-corrected chi connectivity index (χ2v) is 8.07. The summed E-state index contributed by atoms with van der Waals surface area (Å²) in [5.41, 5.74) is 2.28. The molecule has 1 atom stereocenters. The van der Waals surface area contributed by atoms with E-state index in [2.05, 4.69) is 4.98 Å². The summed E-state index contributed by atoms with van der Waals surface area (Å²) in [7, 11) is 1.42. The molecule has 1 aliphatic heterocycles. The molecule has 0 aliphatic carbocycles. The number of hydrogen-bond donors (Lipinski definition) is 1. The van der Waals surface area contributed by atoms with Crippen molar-refractivity contribution < 1.29 is 19.4 Å². The van der Waals surface area contributed by atoms with E-state index in [1.165, 1.54) is 24.1 Å². The number of rotatable bonds is 4. The van der Waals surface area contributed by atoms with Gasteiger partial charge in [0.1, 0.15) is 5.76 Å². The first-order valence-electron chi connectivity index (χ1n) is 9.64. The minimum Gasteiger partial charge on any atom is -0.507 e. The van der Waals surface area contributed by atoms with Gasteiger partial charge in [0.15, 0.2) is 5.75 Å². The average Bonchev–Trinajstić information content (AvgIpc) is 3.05. The fourth-order valence-corrected chi connectivity index (χ4v) is 4.35. The van der Waals surface area contributed by atoms with Gasteiger partial charge in [0.2, 0.25) is 0 Å². The lowest BCUT2D eigenvalue weighted by atomic mass is 9.95. The van der Waals surface area contributed by atoms with Crippen LogP contribution in [0.5, 0.6) is 5.75 Å². The molecule has 1 saturated heterocycles. The number of methoxy groups -OCH3 is 1. The van der Waals surface area contributed by atoms with Crippen LogP contribution in [0, 0.1) is 6.92 Å². The number of aliphatic hydroxyl groups is 1. The molecule has 0 saturated carbocycles. The Morgan fingerprint density at radius 2 is 1.62 bits per heavy atom. The van der Waals surface area contributed by atoms with Crippen LogP contribution >= 0.6 is 23.2 Å². The third-order valence-corrected chi connectivity index (χ3v) is 5.82. The number of aryl methyl sites for hydroxylation is 1. The van der Waals surface area contributed by atoms with E-state index in [9.17, 15) is 14.7 Å². The number of pyridine rings is 1. The van der Waals surface area contributed by atoms with E-state index < -0.39 is 17.7 Å². The number of carbonyl (C=O) groups is 2. The van der Waals surface area contributed by atoms with E-state index in [-0.39, 0.29) is 32.7 Å². The zero-order valence-electron chi connectivity index (χ0n) is 17.2. The smallest absolute Gasteiger partial charge is 0.300 e. The number of nitrogens with zero attached hydrogens (tertiary/aromatic N) is 2. The van der Waals surface area contributed by atoms with Crippen LogP contribution in [0.4, 0.5) is 5.69 Å². The van der Waals surface area contributed by atoms with Gasteiger partial charge in [-0.25, -0.2) is 0 Å². The summed E-state index contributed by atoms with van der Waals surface area (Å²) in [4.78, 5) is 31.6. The molecule has 1 fully saturated rings. The number of ether oxygens (including phenoxy) is 1. The summed E-state index contributed by atoms with van der Waals surface area (Å²) in [6, 6.07) is 12.6. The lowest BCUT2D eigenvalue weighted by Gasteiger charge is -2.25. The van der Waals surface area contributed by atoms with E-state index in [0.717, 1.165) is 5.56 Å². The number of anilines is 1. The molecule has 162 valence electrons. The van der Waals surface area contributed by atoms with Gasteiger partial charge in [-0.1, -0.05) is 40.9 Å². The minimum atomic E-state index is -0.861. The molecule has 8 heteroatoms. The Morgan fingerprint density at radius 1 is 1.03 bits per heavy atom. The topological polar surface area (TPSA) is 79.7 Å². The fraction of sp³-hybridized carbons (Fsp3) is 0.125. The SMILES string of the molecule is COc1c(Cl)cc(/C(O)=C2\C(=O)C(=O)N(c3ccc(C)cc3)C2c2ccncc2)cc1Cl. The van der Waals surface area contributed by atoms with E-state index >= 15 is 0 Å². The number of carbonyl (C=O) groups excluding carboxylic acids is 2. The van der Waals surface area contributed by atoms with Gasteiger partial charge in [-0.3, -0.25) is 19.5 Å². The standard InChI is InChI=1S/C24H18Cl2N2O4/c1-13-3-5-16(6-4-13)28-20(14-7-9-27-10-8-14)19(22(30)24(28)31)21(29)15-11-17(25)23(32-2)18(26)12-15/h3-12,20,29H,1-2H3/b21-19+. The Kier molecular flexibility index (Phi) is 5.91. The van der Waals surface area contributed by atoms with Crippen LogP contribution in [0.3, 0.4) is 0 Å². The molecule has 32 heavy (non-hydrogen) atoms. The van der Waals surface area contributed by atoms with Crippen molar-refractivity contribution in [3.63, 3.8) is 0 Å². The normalized spacial score (nSPS) is 17.6. The van der Waals surface area contributed by atoms with Crippen LogP contribution < -0.4 is 9.64 Å². The van der Waals surface area contributed by atoms with Crippen molar-refractivity contribution in [3.05, 3.63) is 93.2 Å². The molecule has 3 aromatic rings. The zero-order chi connectivity index (χ0) is 23.0. The van der Waals surface area contributed by atoms with Crippen molar-refractivity contribution in [2.45, 2.75) is 13.0 Å². The number of halogens is 2. The van der Waals surface area contributed by atoms with Crippen LogP contribution in [-0.4, -0.2) is 28.9 Å². The lowest BCUT2D eigenvalue weighted by molar-refractivity contribution is -0.132. The molecular formula is C24H18Cl2N2O4. The van der Waals surface area contributed by atoms with Crippen LogP contribution in [0.25, 0.3) is 5.76 Å². The van der Waals surface area contributed by atoms with Crippen molar-refractivity contribution in [1.82, 2.24) is 4.98 Å². The summed E-state index contributed by atoms with van der Waals surface area (Å²) in [6.07, 6.45) is 3.12. The molecule has 1 N–H and O–H groups in total. The van der Waals surface area contributed by atoms with Gasteiger partial charge in [-0.15, -0.1) is 0 Å². The lowest BCUT2D eigenvalue weighted by Crippen LogP contribution is -2.29. The number of amides is 1. The van der Waals surface area contributed by atoms with Crippen LogP contribution in [0.2, 0.25) is 10.0 Å². The number of benzene rings is 2. The van der Waals surface area contributed by atoms with Gasteiger partial charge in [-0.05, 0) is 48.9 Å². The van der Waals surface area contributed by atoms with Crippen molar-refractivity contribution >= 4 is 46.3 Å². The summed E-state index contributed by atoms with van der Waals surface area (Å²) in [5.74, 6) is -1.70. The van der Waals surface area contributed by atoms with Gasteiger partial charge in [0.25, 0.3) is 11.7 Å². The molecule has 1 amide bonds. The molecule has 2 aromatic carbocycles. The molecule has 1 unspecified atom stereocenters.